The van der Waals surface area contributed by atoms with Gasteiger partial charge in [-0.2, -0.15) is 0 Å². The van der Waals surface area contributed by atoms with E-state index in [0.29, 0.717) is 48.0 Å². The van der Waals surface area contributed by atoms with E-state index in [2.05, 4.69) is 5.32 Å². The molecule has 0 aliphatic carbocycles. The van der Waals surface area contributed by atoms with Crippen molar-refractivity contribution in [3.63, 3.8) is 0 Å². The molecule has 2 aliphatic heterocycles. The first kappa shape index (κ1) is 19.3. The van der Waals surface area contributed by atoms with Gasteiger partial charge >= 0.3 is 5.97 Å². The van der Waals surface area contributed by atoms with E-state index in [9.17, 15) is 19.5 Å². The third-order valence-corrected chi connectivity index (χ3v) is 5.86. The number of anilines is 1. The number of nitrogens with zero attached hydrogens (tertiary/aromatic N) is 1. The predicted molar refractivity (Wildman–Crippen MR) is 106 cm³/mol. The smallest absolute Gasteiger partial charge is 0.335 e. The lowest BCUT2D eigenvalue weighted by Gasteiger charge is -2.38. The van der Waals surface area contributed by atoms with E-state index in [4.69, 9.17) is 16.3 Å². The molecule has 0 bridgehead atoms. The van der Waals surface area contributed by atoms with Gasteiger partial charge in [0, 0.05) is 23.8 Å². The highest BCUT2D eigenvalue weighted by Gasteiger charge is 2.49. The van der Waals surface area contributed by atoms with Crippen molar-refractivity contribution in [2.45, 2.75) is 18.3 Å². The van der Waals surface area contributed by atoms with Crippen LogP contribution in [0.15, 0.2) is 42.5 Å². The van der Waals surface area contributed by atoms with Crippen LogP contribution >= 0.6 is 11.6 Å². The van der Waals surface area contributed by atoms with Gasteiger partial charge < -0.3 is 20.1 Å². The summed E-state index contributed by atoms with van der Waals surface area (Å²) in [6, 6.07) is 11.4. The Hall–Kier alpha value is -3.06. The van der Waals surface area contributed by atoms with Crippen LogP contribution in [0.1, 0.15) is 28.8 Å². The molecule has 1 saturated heterocycles. The average Bonchev–Trinajstić information content (AvgIpc) is 2.98. The molecule has 2 amide bonds. The van der Waals surface area contributed by atoms with Crippen molar-refractivity contribution in [1.29, 1.82) is 0 Å². The molecular weight excluding hydrogens is 396 g/mol. The fourth-order valence-corrected chi connectivity index (χ4v) is 4.07. The van der Waals surface area contributed by atoms with Gasteiger partial charge in [-0.1, -0.05) is 11.6 Å². The number of nitrogens with one attached hydrogen (secondary N) is 1. The molecule has 2 heterocycles. The molecular formula is C21H19ClN2O5. The van der Waals surface area contributed by atoms with E-state index in [1.54, 1.807) is 41.3 Å². The van der Waals surface area contributed by atoms with Crippen molar-refractivity contribution in [2.75, 3.05) is 25.0 Å². The molecule has 2 N–H and O–H groups in total. The second-order valence-electron chi connectivity index (χ2n) is 7.23. The van der Waals surface area contributed by atoms with E-state index in [1.807, 2.05) is 0 Å². The molecule has 150 valence electrons. The van der Waals surface area contributed by atoms with E-state index < -0.39 is 11.4 Å². The zero-order valence-electron chi connectivity index (χ0n) is 15.5. The lowest BCUT2D eigenvalue weighted by molar-refractivity contribution is -0.137. The van der Waals surface area contributed by atoms with Crippen LogP contribution in [-0.2, 0) is 15.0 Å². The van der Waals surface area contributed by atoms with Gasteiger partial charge in [-0.15, -0.1) is 0 Å². The number of amides is 2. The van der Waals surface area contributed by atoms with Crippen molar-refractivity contribution in [2.24, 2.45) is 0 Å². The first-order chi connectivity index (χ1) is 13.9. The number of hydrogen-bond acceptors (Lipinski definition) is 4. The quantitative estimate of drug-likeness (QED) is 0.801. The van der Waals surface area contributed by atoms with Gasteiger partial charge in [0.05, 0.1) is 11.0 Å². The minimum Gasteiger partial charge on any atom is -0.484 e. The summed E-state index contributed by atoms with van der Waals surface area (Å²) in [4.78, 5) is 38.2. The van der Waals surface area contributed by atoms with E-state index >= 15 is 0 Å². The fraction of sp³-hybridized carbons (Fsp3) is 0.286. The van der Waals surface area contributed by atoms with Gasteiger partial charge in [-0.05, 0) is 60.9 Å². The highest BCUT2D eigenvalue weighted by molar-refractivity contribution is 6.30. The highest BCUT2D eigenvalue weighted by Crippen LogP contribution is 2.45. The Kier molecular flexibility index (Phi) is 4.92. The molecule has 7 nitrogen and oxygen atoms in total. The number of rotatable bonds is 4. The van der Waals surface area contributed by atoms with Crippen LogP contribution in [0.3, 0.4) is 0 Å². The first-order valence-corrected chi connectivity index (χ1v) is 9.62. The Labute approximate surface area is 172 Å². The lowest BCUT2D eigenvalue weighted by Crippen LogP contribution is -2.49. The van der Waals surface area contributed by atoms with Crippen molar-refractivity contribution < 1.29 is 24.2 Å². The summed E-state index contributed by atoms with van der Waals surface area (Å²) in [6.07, 6.45) is 0.864. The second kappa shape index (κ2) is 7.40. The Balaban J connectivity index is 1.43. The molecule has 1 spiro atoms. The van der Waals surface area contributed by atoms with Gasteiger partial charge in [0.15, 0.2) is 6.61 Å². The number of aromatic carboxylic acids is 1. The summed E-state index contributed by atoms with van der Waals surface area (Å²) in [7, 11) is 0. The summed E-state index contributed by atoms with van der Waals surface area (Å²) < 4.78 is 5.52. The minimum atomic E-state index is -1.03. The van der Waals surface area contributed by atoms with Crippen molar-refractivity contribution in [3.05, 3.63) is 58.6 Å². The summed E-state index contributed by atoms with van der Waals surface area (Å²) in [6.45, 7) is 0.695. The van der Waals surface area contributed by atoms with Crippen molar-refractivity contribution >= 4 is 35.1 Å². The maximum absolute atomic E-state index is 12.7. The number of carbonyl (C=O) groups is 3. The molecule has 0 aromatic heterocycles. The van der Waals surface area contributed by atoms with E-state index in [0.717, 1.165) is 0 Å². The third-order valence-electron chi connectivity index (χ3n) is 5.61. The molecule has 29 heavy (non-hydrogen) atoms. The van der Waals surface area contributed by atoms with Crippen molar-refractivity contribution in [1.82, 2.24) is 4.90 Å². The number of ether oxygens (including phenoxy) is 1. The molecule has 0 radical (unpaired) electrons. The van der Waals surface area contributed by atoms with E-state index in [1.165, 1.54) is 6.07 Å². The number of piperidine rings is 1. The number of hydrogen-bond donors (Lipinski definition) is 2. The third kappa shape index (κ3) is 3.53. The zero-order chi connectivity index (χ0) is 20.6. The summed E-state index contributed by atoms with van der Waals surface area (Å²) >= 11 is 5.83. The van der Waals surface area contributed by atoms with Crippen LogP contribution in [0.5, 0.6) is 5.75 Å². The number of carboxylic acids is 1. The highest BCUT2D eigenvalue weighted by atomic mass is 35.5. The standard InChI is InChI=1S/C21H19ClN2O5/c22-14-2-4-15(5-3-14)29-12-18(25)24-9-7-21(8-10-24)16-11-13(19(26)27)1-6-17(16)23-20(21)28/h1-6,11H,7-10,12H2,(H,23,28)(H,26,27). The van der Waals surface area contributed by atoms with Gasteiger partial charge in [0.2, 0.25) is 5.91 Å². The number of carboxylic acid groups (broad SMARTS) is 1. The van der Waals surface area contributed by atoms with Gasteiger partial charge in [-0.25, -0.2) is 4.79 Å². The van der Waals surface area contributed by atoms with E-state index in [-0.39, 0.29) is 24.0 Å². The van der Waals surface area contributed by atoms with Crippen LogP contribution in [0, 0.1) is 0 Å². The molecule has 2 aromatic carbocycles. The SMILES string of the molecule is O=C(O)c1ccc2c(c1)C1(CCN(C(=O)COc3ccc(Cl)cc3)CC1)C(=O)N2. The Morgan fingerprint density at radius 2 is 1.83 bits per heavy atom. The molecule has 8 heteroatoms. The normalized spacial score (nSPS) is 17.0. The van der Waals surface area contributed by atoms with Crippen LogP contribution < -0.4 is 10.1 Å². The molecule has 2 aromatic rings. The summed E-state index contributed by atoms with van der Waals surface area (Å²) in [5.74, 6) is -0.775. The average molecular weight is 415 g/mol. The van der Waals surface area contributed by atoms with Crippen molar-refractivity contribution in [3.8, 4) is 5.75 Å². The zero-order valence-corrected chi connectivity index (χ0v) is 16.2. The largest absolute Gasteiger partial charge is 0.484 e. The fourth-order valence-electron chi connectivity index (χ4n) is 3.95. The minimum absolute atomic E-state index is 0.0966. The number of carbonyl (C=O) groups excluding carboxylic acids is 2. The Morgan fingerprint density at radius 3 is 2.48 bits per heavy atom. The molecule has 1 fully saturated rings. The van der Waals surface area contributed by atoms with Crippen LogP contribution in [0.2, 0.25) is 5.02 Å². The maximum Gasteiger partial charge on any atom is 0.335 e. The lowest BCUT2D eigenvalue weighted by atomic mass is 9.73. The van der Waals surface area contributed by atoms with Gasteiger partial charge in [0.25, 0.3) is 5.91 Å². The van der Waals surface area contributed by atoms with Crippen LogP contribution in [-0.4, -0.2) is 47.5 Å². The Bertz CT molecular complexity index is 981. The van der Waals surface area contributed by atoms with Gasteiger partial charge in [0.1, 0.15) is 5.75 Å². The topological polar surface area (TPSA) is 95.9 Å². The summed E-state index contributed by atoms with van der Waals surface area (Å²) in [5, 5.41) is 12.7. The van der Waals surface area contributed by atoms with Crippen LogP contribution in [0.25, 0.3) is 0 Å². The van der Waals surface area contributed by atoms with Gasteiger partial charge in [-0.3, -0.25) is 9.59 Å². The molecule has 2 aliphatic rings. The Morgan fingerprint density at radius 1 is 1.14 bits per heavy atom. The van der Waals surface area contributed by atoms with Crippen LogP contribution in [0.4, 0.5) is 5.69 Å². The first-order valence-electron chi connectivity index (χ1n) is 9.24. The second-order valence-corrected chi connectivity index (χ2v) is 7.66. The molecule has 4 rings (SSSR count). The number of halogens is 1. The summed E-state index contributed by atoms with van der Waals surface area (Å²) in [5.41, 5.74) is 0.696. The number of benzene rings is 2. The maximum atomic E-state index is 12.7. The molecule has 0 saturated carbocycles. The monoisotopic (exact) mass is 414 g/mol. The number of fused-ring (bicyclic) bond motifs is 2. The molecule has 0 atom stereocenters. The molecule has 0 unspecified atom stereocenters. The predicted octanol–water partition coefficient (Wildman–Crippen LogP) is 2.93. The number of likely N-dealkylation sites (tertiary alicyclic amines) is 1.